The molecule has 4 rings (SSSR count). The number of benzene rings is 3. The number of rotatable bonds is 7. The minimum atomic E-state index is -0.195. The van der Waals surface area contributed by atoms with E-state index in [9.17, 15) is 4.79 Å². The fourth-order valence-corrected chi connectivity index (χ4v) is 3.89. The summed E-state index contributed by atoms with van der Waals surface area (Å²) >= 11 is 3.44. The monoisotopic (exact) mass is 505 g/mol. The van der Waals surface area contributed by atoms with Crippen LogP contribution in [0.15, 0.2) is 83.7 Å². The van der Waals surface area contributed by atoms with Gasteiger partial charge in [0.15, 0.2) is 11.5 Å². The lowest BCUT2D eigenvalue weighted by Crippen LogP contribution is -2.28. The van der Waals surface area contributed by atoms with Gasteiger partial charge >= 0.3 is 0 Å². The third-order valence-electron chi connectivity index (χ3n) is 5.43. The molecule has 1 atom stereocenters. The summed E-state index contributed by atoms with van der Waals surface area (Å²) in [7, 11) is 3.23. The van der Waals surface area contributed by atoms with E-state index in [2.05, 4.69) is 26.2 Å². The van der Waals surface area contributed by atoms with E-state index in [4.69, 9.17) is 9.47 Å². The molecule has 0 fully saturated rings. The average Bonchev–Trinajstić information content (AvgIpc) is 3.34. The Balaban J connectivity index is 1.60. The quantitative estimate of drug-likeness (QED) is 0.344. The van der Waals surface area contributed by atoms with Crippen LogP contribution in [0.5, 0.6) is 11.5 Å². The Morgan fingerprint density at radius 2 is 1.70 bits per heavy atom. The fraction of sp³-hybridized carbons (Fsp3) is 0.154. The van der Waals surface area contributed by atoms with Gasteiger partial charge in [-0.2, -0.15) is 0 Å². The Kier molecular flexibility index (Phi) is 6.79. The normalized spacial score (nSPS) is 11.6. The molecule has 0 spiro atoms. The lowest BCUT2D eigenvalue weighted by atomic mass is 10.0. The highest BCUT2D eigenvalue weighted by Gasteiger charge is 2.17. The lowest BCUT2D eigenvalue weighted by Gasteiger charge is -2.16. The van der Waals surface area contributed by atoms with Crippen molar-refractivity contribution < 1.29 is 14.3 Å². The average molecular weight is 506 g/mol. The van der Waals surface area contributed by atoms with Crippen LogP contribution in [0.1, 0.15) is 29.0 Å². The molecule has 33 heavy (non-hydrogen) atoms. The maximum atomic E-state index is 13.0. The molecule has 0 aliphatic carbocycles. The zero-order valence-corrected chi connectivity index (χ0v) is 20.2. The second-order valence-electron chi connectivity index (χ2n) is 7.52. The van der Waals surface area contributed by atoms with Gasteiger partial charge in [-0.05, 0) is 60.0 Å². The molecule has 168 valence electrons. The SMILES string of the molecule is COc1ccc(-c2cccc(-n3cncc3C(=O)N[C@@H](C)c3ccc(Br)cc3)c2)cc1OC. The van der Waals surface area contributed by atoms with Gasteiger partial charge in [-0.25, -0.2) is 4.98 Å². The highest BCUT2D eigenvalue weighted by Crippen LogP contribution is 2.33. The molecule has 1 N–H and O–H groups in total. The van der Waals surface area contributed by atoms with Gasteiger partial charge in [0.2, 0.25) is 0 Å². The third kappa shape index (κ3) is 4.93. The summed E-state index contributed by atoms with van der Waals surface area (Å²) in [4.78, 5) is 17.3. The van der Waals surface area contributed by atoms with Gasteiger partial charge < -0.3 is 14.8 Å². The number of hydrogen-bond donors (Lipinski definition) is 1. The van der Waals surface area contributed by atoms with E-state index in [1.165, 1.54) is 0 Å². The Morgan fingerprint density at radius 3 is 2.42 bits per heavy atom. The summed E-state index contributed by atoms with van der Waals surface area (Å²) in [6.45, 7) is 1.96. The molecule has 0 aliphatic rings. The van der Waals surface area contributed by atoms with Crippen molar-refractivity contribution in [3.8, 4) is 28.3 Å². The van der Waals surface area contributed by atoms with Crippen molar-refractivity contribution in [1.82, 2.24) is 14.9 Å². The number of nitrogens with zero attached hydrogens (tertiary/aromatic N) is 2. The first-order valence-corrected chi connectivity index (χ1v) is 11.2. The molecule has 0 aliphatic heterocycles. The number of halogens is 1. The van der Waals surface area contributed by atoms with Crippen molar-refractivity contribution in [3.63, 3.8) is 0 Å². The van der Waals surface area contributed by atoms with Crippen LogP contribution >= 0.6 is 15.9 Å². The predicted octanol–water partition coefficient (Wildman–Crippen LogP) is 5.81. The van der Waals surface area contributed by atoms with Crippen LogP contribution in [0.4, 0.5) is 0 Å². The van der Waals surface area contributed by atoms with Crippen molar-refractivity contribution in [1.29, 1.82) is 0 Å². The summed E-state index contributed by atoms with van der Waals surface area (Å²) in [6, 6.07) is 21.4. The maximum Gasteiger partial charge on any atom is 0.270 e. The fourth-order valence-electron chi connectivity index (χ4n) is 3.63. The molecule has 6 nitrogen and oxygen atoms in total. The highest BCUT2D eigenvalue weighted by molar-refractivity contribution is 9.10. The molecule has 4 aromatic rings. The largest absolute Gasteiger partial charge is 0.493 e. The molecule has 1 amide bonds. The van der Waals surface area contributed by atoms with Gasteiger partial charge in [0, 0.05) is 10.2 Å². The van der Waals surface area contributed by atoms with Crippen molar-refractivity contribution in [3.05, 3.63) is 95.0 Å². The molecule has 1 aromatic heterocycles. The second kappa shape index (κ2) is 9.92. The number of imidazole rings is 1. The van der Waals surface area contributed by atoms with Crippen molar-refractivity contribution in [2.45, 2.75) is 13.0 Å². The number of ether oxygens (including phenoxy) is 2. The van der Waals surface area contributed by atoms with Crippen molar-refractivity contribution in [2.75, 3.05) is 14.2 Å². The number of hydrogen-bond acceptors (Lipinski definition) is 4. The summed E-state index contributed by atoms with van der Waals surface area (Å²) in [6.07, 6.45) is 3.22. The number of nitrogens with one attached hydrogen (secondary N) is 1. The molecule has 7 heteroatoms. The van der Waals surface area contributed by atoms with Crippen LogP contribution in [-0.4, -0.2) is 29.7 Å². The number of amides is 1. The van der Waals surface area contributed by atoms with Gasteiger partial charge in [0.25, 0.3) is 5.91 Å². The van der Waals surface area contributed by atoms with Crippen LogP contribution in [-0.2, 0) is 0 Å². The Labute approximate surface area is 201 Å². The summed E-state index contributed by atoms with van der Waals surface area (Å²) in [5.41, 5.74) is 4.28. The molecular formula is C26H24BrN3O3. The van der Waals surface area contributed by atoms with Gasteiger partial charge in [-0.15, -0.1) is 0 Å². The van der Waals surface area contributed by atoms with Gasteiger partial charge in [0.05, 0.1) is 32.8 Å². The molecule has 0 saturated carbocycles. The standard InChI is InChI=1S/C26H24BrN3O3/c1-17(18-7-10-21(27)11-8-18)29-26(31)23-15-28-16-30(23)22-6-4-5-19(13-22)20-9-12-24(32-2)25(14-20)33-3/h4-17H,1-3H3,(H,29,31)/t17-/m0/s1. The topological polar surface area (TPSA) is 65.4 Å². The number of carbonyl (C=O) groups is 1. The van der Waals surface area contributed by atoms with Crippen LogP contribution in [0.3, 0.4) is 0 Å². The molecule has 0 saturated heterocycles. The van der Waals surface area contributed by atoms with E-state index in [1.54, 1.807) is 31.3 Å². The zero-order valence-electron chi connectivity index (χ0n) is 18.6. The van der Waals surface area contributed by atoms with E-state index in [1.807, 2.05) is 73.7 Å². The maximum absolute atomic E-state index is 13.0. The number of carbonyl (C=O) groups excluding carboxylic acids is 1. The van der Waals surface area contributed by atoms with Crippen molar-refractivity contribution >= 4 is 21.8 Å². The summed E-state index contributed by atoms with van der Waals surface area (Å²) < 4.78 is 13.6. The first kappa shape index (κ1) is 22.6. The van der Waals surface area contributed by atoms with E-state index < -0.39 is 0 Å². The Hall–Kier alpha value is -3.58. The molecule has 3 aromatic carbocycles. The molecule has 0 radical (unpaired) electrons. The first-order valence-electron chi connectivity index (χ1n) is 10.4. The Bertz CT molecular complexity index is 1270. The Morgan fingerprint density at radius 1 is 0.970 bits per heavy atom. The van der Waals surface area contributed by atoms with Crippen LogP contribution in [0.2, 0.25) is 0 Å². The first-order chi connectivity index (χ1) is 16.0. The number of methoxy groups -OCH3 is 2. The van der Waals surface area contributed by atoms with E-state index in [0.717, 1.165) is 26.9 Å². The second-order valence-corrected chi connectivity index (χ2v) is 8.43. The summed E-state index contributed by atoms with van der Waals surface area (Å²) in [5, 5.41) is 3.06. The van der Waals surface area contributed by atoms with Gasteiger partial charge in [0.1, 0.15) is 5.69 Å². The molecule has 0 bridgehead atoms. The highest BCUT2D eigenvalue weighted by atomic mass is 79.9. The molecule has 0 unspecified atom stereocenters. The minimum absolute atomic E-state index is 0.146. The summed E-state index contributed by atoms with van der Waals surface area (Å²) in [5.74, 6) is 1.13. The van der Waals surface area contributed by atoms with E-state index in [0.29, 0.717) is 17.2 Å². The van der Waals surface area contributed by atoms with Gasteiger partial charge in [-0.3, -0.25) is 9.36 Å². The van der Waals surface area contributed by atoms with Crippen LogP contribution in [0.25, 0.3) is 16.8 Å². The zero-order chi connectivity index (χ0) is 23.4. The third-order valence-corrected chi connectivity index (χ3v) is 5.96. The number of aromatic nitrogens is 2. The minimum Gasteiger partial charge on any atom is -0.493 e. The molecule has 1 heterocycles. The van der Waals surface area contributed by atoms with E-state index in [-0.39, 0.29) is 11.9 Å². The van der Waals surface area contributed by atoms with E-state index >= 15 is 0 Å². The van der Waals surface area contributed by atoms with Crippen molar-refractivity contribution in [2.24, 2.45) is 0 Å². The predicted molar refractivity (Wildman–Crippen MR) is 132 cm³/mol. The smallest absolute Gasteiger partial charge is 0.270 e. The lowest BCUT2D eigenvalue weighted by molar-refractivity contribution is 0.0933. The molecular weight excluding hydrogens is 482 g/mol. The van der Waals surface area contributed by atoms with Gasteiger partial charge in [-0.1, -0.05) is 46.3 Å². The van der Waals surface area contributed by atoms with Crippen LogP contribution < -0.4 is 14.8 Å². The van der Waals surface area contributed by atoms with Crippen LogP contribution in [0, 0.1) is 0 Å².